The maximum atomic E-state index is 10.8. The lowest BCUT2D eigenvalue weighted by Crippen LogP contribution is -2.20. The summed E-state index contributed by atoms with van der Waals surface area (Å²) in [6.45, 7) is -0.262. The Balaban J connectivity index is 1.90. The number of nitrogens with zero attached hydrogens (tertiary/aromatic N) is 1. The van der Waals surface area contributed by atoms with Crippen LogP contribution in [-0.4, -0.2) is 22.6 Å². The number of phenols is 1. The van der Waals surface area contributed by atoms with Gasteiger partial charge in [-0.1, -0.05) is 40.9 Å². The third kappa shape index (κ3) is 4.87. The van der Waals surface area contributed by atoms with Gasteiger partial charge in [0.2, 0.25) is 0 Å². The number of phenolic OH excluding ortho intramolecular Hbond substituents is 1. The Morgan fingerprint density at radius 1 is 1.07 bits per heavy atom. The van der Waals surface area contributed by atoms with Gasteiger partial charge >= 0.3 is 0 Å². The minimum Gasteiger partial charge on any atom is -0.507 e. The lowest BCUT2D eigenvalue weighted by Gasteiger charge is -2.12. The number of hydrogen-bond acceptors (Lipinski definition) is 4. The quantitative estimate of drug-likeness (QED) is 0.539. The Morgan fingerprint density at radius 2 is 1.79 bits per heavy atom. The largest absolute Gasteiger partial charge is 0.507 e. The number of carbonyl (C=O) groups excluding carboxylic acids is 1. The SMILES string of the molecule is NC(=O)COc1cc(Cl)c(Cc2ccc(O)c(-c3ccnc(Cl)c3)c2)c(Cl)c1. The van der Waals surface area contributed by atoms with Crippen LogP contribution in [0.25, 0.3) is 11.1 Å². The zero-order valence-corrected chi connectivity index (χ0v) is 16.7. The van der Waals surface area contributed by atoms with Gasteiger partial charge in [-0.2, -0.15) is 0 Å². The fourth-order valence-electron chi connectivity index (χ4n) is 2.68. The van der Waals surface area contributed by atoms with Crippen molar-refractivity contribution in [2.75, 3.05) is 6.61 Å². The average molecular weight is 438 g/mol. The number of carbonyl (C=O) groups is 1. The summed E-state index contributed by atoms with van der Waals surface area (Å²) in [7, 11) is 0. The maximum absolute atomic E-state index is 10.8. The second kappa shape index (κ2) is 8.69. The first-order valence-electron chi connectivity index (χ1n) is 8.16. The van der Waals surface area contributed by atoms with E-state index in [0.717, 1.165) is 11.1 Å². The summed E-state index contributed by atoms with van der Waals surface area (Å²) in [5, 5.41) is 11.4. The predicted molar refractivity (Wildman–Crippen MR) is 110 cm³/mol. The molecule has 0 atom stereocenters. The van der Waals surface area contributed by atoms with E-state index < -0.39 is 5.91 Å². The number of primary amides is 1. The number of ether oxygens (including phenoxy) is 1. The summed E-state index contributed by atoms with van der Waals surface area (Å²) >= 11 is 18.7. The highest BCUT2D eigenvalue weighted by Gasteiger charge is 2.13. The van der Waals surface area contributed by atoms with Gasteiger partial charge < -0.3 is 15.6 Å². The first kappa shape index (κ1) is 20.3. The van der Waals surface area contributed by atoms with Crippen LogP contribution >= 0.6 is 34.8 Å². The van der Waals surface area contributed by atoms with E-state index in [4.69, 9.17) is 45.3 Å². The van der Waals surface area contributed by atoms with E-state index in [1.807, 2.05) is 6.07 Å². The standard InChI is InChI=1S/C20H15Cl3N2O3/c21-16-8-13(28-10-20(24)27)9-17(22)15(16)6-11-1-2-18(26)14(5-11)12-3-4-25-19(23)7-12/h1-5,7-9,26H,6,10H2,(H2,24,27). The van der Waals surface area contributed by atoms with E-state index in [0.29, 0.717) is 38.5 Å². The smallest absolute Gasteiger partial charge is 0.255 e. The molecule has 1 amide bonds. The van der Waals surface area contributed by atoms with Crippen molar-refractivity contribution in [3.63, 3.8) is 0 Å². The number of aromatic hydroxyl groups is 1. The molecular weight excluding hydrogens is 423 g/mol. The molecule has 0 unspecified atom stereocenters. The second-order valence-corrected chi connectivity index (χ2v) is 7.22. The molecule has 28 heavy (non-hydrogen) atoms. The summed E-state index contributed by atoms with van der Waals surface area (Å²) in [5.41, 5.74) is 8.01. The molecule has 1 aromatic heterocycles. The van der Waals surface area contributed by atoms with Crippen LogP contribution in [0, 0.1) is 0 Å². The molecule has 2 aromatic carbocycles. The molecule has 0 saturated carbocycles. The monoisotopic (exact) mass is 436 g/mol. The first-order chi connectivity index (χ1) is 13.3. The fourth-order valence-corrected chi connectivity index (χ4v) is 3.46. The van der Waals surface area contributed by atoms with Crippen molar-refractivity contribution < 1.29 is 14.6 Å². The van der Waals surface area contributed by atoms with E-state index in [9.17, 15) is 9.90 Å². The highest BCUT2D eigenvalue weighted by molar-refractivity contribution is 6.36. The molecule has 5 nitrogen and oxygen atoms in total. The molecule has 8 heteroatoms. The fraction of sp³-hybridized carbons (Fsp3) is 0.100. The lowest BCUT2D eigenvalue weighted by atomic mass is 9.98. The van der Waals surface area contributed by atoms with Gasteiger partial charge in [-0.05, 0) is 53.1 Å². The molecule has 0 bridgehead atoms. The third-order valence-corrected chi connectivity index (χ3v) is 4.86. The molecule has 0 fully saturated rings. The molecule has 3 N–H and O–H groups in total. The summed E-state index contributed by atoms with van der Waals surface area (Å²) in [6, 6.07) is 11.8. The number of rotatable bonds is 6. The molecule has 0 spiro atoms. The summed E-state index contributed by atoms with van der Waals surface area (Å²) in [4.78, 5) is 14.8. The van der Waals surface area contributed by atoms with Crippen LogP contribution in [-0.2, 0) is 11.2 Å². The van der Waals surface area contributed by atoms with Crippen LogP contribution in [0.5, 0.6) is 11.5 Å². The van der Waals surface area contributed by atoms with Crippen molar-refractivity contribution in [2.45, 2.75) is 6.42 Å². The molecule has 0 saturated heterocycles. The Morgan fingerprint density at radius 3 is 2.43 bits per heavy atom. The molecule has 0 aliphatic carbocycles. The second-order valence-electron chi connectivity index (χ2n) is 6.02. The average Bonchev–Trinajstić information content (AvgIpc) is 2.64. The number of hydrogen-bond donors (Lipinski definition) is 2. The highest BCUT2D eigenvalue weighted by atomic mass is 35.5. The summed E-state index contributed by atoms with van der Waals surface area (Å²) in [6.07, 6.45) is 2.00. The van der Waals surface area contributed by atoms with Crippen LogP contribution in [0.2, 0.25) is 15.2 Å². The zero-order chi connectivity index (χ0) is 20.3. The number of pyridine rings is 1. The summed E-state index contributed by atoms with van der Waals surface area (Å²) < 4.78 is 5.24. The minimum absolute atomic E-state index is 0.124. The Bertz CT molecular complexity index is 1020. The normalized spacial score (nSPS) is 10.7. The summed E-state index contributed by atoms with van der Waals surface area (Å²) in [5.74, 6) is -0.113. The van der Waals surface area contributed by atoms with Crippen molar-refractivity contribution >= 4 is 40.7 Å². The Labute approximate surface area is 176 Å². The molecule has 1 heterocycles. The van der Waals surface area contributed by atoms with E-state index in [1.165, 1.54) is 0 Å². The van der Waals surface area contributed by atoms with Crippen molar-refractivity contribution in [1.29, 1.82) is 0 Å². The van der Waals surface area contributed by atoms with Crippen LogP contribution in [0.1, 0.15) is 11.1 Å². The molecule has 3 aromatic rings. The van der Waals surface area contributed by atoms with E-state index in [1.54, 1.807) is 42.6 Å². The van der Waals surface area contributed by atoms with E-state index in [-0.39, 0.29) is 12.4 Å². The first-order valence-corrected chi connectivity index (χ1v) is 9.29. The molecule has 0 radical (unpaired) electrons. The van der Waals surface area contributed by atoms with Gasteiger partial charge in [-0.15, -0.1) is 0 Å². The van der Waals surface area contributed by atoms with Crippen molar-refractivity contribution in [1.82, 2.24) is 4.98 Å². The number of nitrogens with two attached hydrogens (primary N) is 1. The van der Waals surface area contributed by atoms with Gasteiger partial charge in [0.25, 0.3) is 5.91 Å². The number of halogens is 3. The van der Waals surface area contributed by atoms with Crippen molar-refractivity contribution in [3.8, 4) is 22.6 Å². The van der Waals surface area contributed by atoms with Gasteiger partial charge in [-0.25, -0.2) is 4.98 Å². The van der Waals surface area contributed by atoms with Crippen molar-refractivity contribution in [2.24, 2.45) is 5.73 Å². The zero-order valence-electron chi connectivity index (χ0n) is 14.5. The van der Waals surface area contributed by atoms with Crippen LogP contribution < -0.4 is 10.5 Å². The molecule has 3 rings (SSSR count). The Hall–Kier alpha value is -2.47. The lowest BCUT2D eigenvalue weighted by molar-refractivity contribution is -0.119. The minimum atomic E-state index is -0.593. The Kier molecular flexibility index (Phi) is 6.29. The van der Waals surface area contributed by atoms with Gasteiger partial charge in [-0.3, -0.25) is 4.79 Å². The van der Waals surface area contributed by atoms with Gasteiger partial charge in [0, 0.05) is 28.2 Å². The maximum Gasteiger partial charge on any atom is 0.255 e. The topological polar surface area (TPSA) is 85.4 Å². The van der Waals surface area contributed by atoms with Crippen LogP contribution in [0.4, 0.5) is 0 Å². The van der Waals surface area contributed by atoms with Crippen molar-refractivity contribution in [3.05, 3.63) is 75.0 Å². The number of aromatic nitrogens is 1. The van der Waals surface area contributed by atoms with E-state index in [2.05, 4.69) is 4.98 Å². The molecule has 0 aliphatic heterocycles. The predicted octanol–water partition coefficient (Wildman–Crippen LogP) is 4.87. The highest BCUT2D eigenvalue weighted by Crippen LogP contribution is 2.35. The van der Waals surface area contributed by atoms with Gasteiger partial charge in [0.1, 0.15) is 16.7 Å². The van der Waals surface area contributed by atoms with Gasteiger partial charge in [0.15, 0.2) is 6.61 Å². The number of benzene rings is 2. The number of amides is 1. The molecule has 144 valence electrons. The molecule has 0 aliphatic rings. The molecular formula is C20H15Cl3N2O3. The van der Waals surface area contributed by atoms with Crippen LogP contribution in [0.15, 0.2) is 48.7 Å². The van der Waals surface area contributed by atoms with Crippen LogP contribution in [0.3, 0.4) is 0 Å². The third-order valence-electron chi connectivity index (χ3n) is 3.98. The van der Waals surface area contributed by atoms with Gasteiger partial charge in [0.05, 0.1) is 0 Å². The van der Waals surface area contributed by atoms with E-state index >= 15 is 0 Å².